The number of esters is 2. The van der Waals surface area contributed by atoms with Crippen molar-refractivity contribution in [2.24, 2.45) is 28.6 Å². The van der Waals surface area contributed by atoms with Crippen LogP contribution in [-0.2, 0) is 28.5 Å². The first-order valence-corrected chi connectivity index (χ1v) is 14.8. The standard InChI is InChI=1S/C29H40O12/c1-12-21(32)22(33)23(34)24(39-12)40-14-8-18(30)29-20-16(3-5-27(29,36)9-14)28(37)6-4-15(13-7-19(31)38-11-13)26(28,2)10-17(20)41-25(29)35/h7,12,14-18,20-24,30,32-34,36-37H,3-6,8-11H2,1-2H3/t12-,14-,15+,16+,17+,18+,20+,21+,22+,23+,24-,26+,27-,28-,29+/m0/s1. The molecule has 0 amide bonds. The van der Waals surface area contributed by atoms with E-state index in [1.54, 1.807) is 0 Å². The van der Waals surface area contributed by atoms with Gasteiger partial charge in [-0.1, -0.05) is 6.92 Å². The number of aliphatic hydroxyl groups excluding tert-OH is 4. The van der Waals surface area contributed by atoms with Gasteiger partial charge >= 0.3 is 11.9 Å². The molecule has 2 saturated heterocycles. The zero-order valence-corrected chi connectivity index (χ0v) is 23.2. The number of carbonyl (C=O) groups is 2. The summed E-state index contributed by atoms with van der Waals surface area (Å²) < 4.78 is 22.7. The molecule has 0 aromatic rings. The van der Waals surface area contributed by atoms with Gasteiger partial charge in [-0.3, -0.25) is 4.79 Å². The number of aliphatic hydroxyl groups is 6. The van der Waals surface area contributed by atoms with Crippen LogP contribution in [0.15, 0.2) is 11.6 Å². The monoisotopic (exact) mass is 580 g/mol. The Balaban J connectivity index is 1.19. The van der Waals surface area contributed by atoms with Gasteiger partial charge in [0, 0.05) is 30.3 Å². The van der Waals surface area contributed by atoms with E-state index in [1.807, 2.05) is 6.92 Å². The number of fused-ring (bicyclic) bond motifs is 2. The highest BCUT2D eigenvalue weighted by atomic mass is 16.7. The third-order valence-electron chi connectivity index (χ3n) is 12.2. The van der Waals surface area contributed by atoms with Crippen LogP contribution in [0, 0.1) is 28.6 Å². The van der Waals surface area contributed by atoms with Crippen LogP contribution in [0.5, 0.6) is 0 Å². The molecule has 12 nitrogen and oxygen atoms in total. The Morgan fingerprint density at radius 2 is 1.76 bits per heavy atom. The Morgan fingerprint density at radius 1 is 1.00 bits per heavy atom. The highest BCUT2D eigenvalue weighted by molar-refractivity contribution is 5.85. The first-order valence-electron chi connectivity index (χ1n) is 14.8. The molecule has 0 radical (unpaired) electrons. The van der Waals surface area contributed by atoms with Crippen LogP contribution in [0.3, 0.4) is 0 Å². The summed E-state index contributed by atoms with van der Waals surface area (Å²) in [5.41, 5.74) is -4.41. The second kappa shape index (κ2) is 8.95. The number of cyclic esters (lactones) is 1. The van der Waals surface area contributed by atoms with Crippen molar-refractivity contribution < 1.29 is 59.2 Å². The molecule has 4 aliphatic carbocycles. The van der Waals surface area contributed by atoms with Crippen LogP contribution in [0.1, 0.15) is 58.8 Å². The van der Waals surface area contributed by atoms with Gasteiger partial charge in [0.15, 0.2) is 6.29 Å². The summed E-state index contributed by atoms with van der Waals surface area (Å²) in [6.45, 7) is 3.71. The second-order valence-electron chi connectivity index (χ2n) is 13.9. The number of hydrogen-bond acceptors (Lipinski definition) is 12. The molecule has 6 fully saturated rings. The first kappa shape index (κ1) is 28.1. The molecule has 0 bridgehead atoms. The minimum atomic E-state index is -1.71. The Kier molecular flexibility index (Phi) is 6.14. The molecule has 12 heteroatoms. The summed E-state index contributed by atoms with van der Waals surface area (Å²) >= 11 is 0. The maximum absolute atomic E-state index is 13.8. The van der Waals surface area contributed by atoms with E-state index < -0.39 is 94.8 Å². The predicted molar refractivity (Wildman–Crippen MR) is 135 cm³/mol. The van der Waals surface area contributed by atoms with Crippen molar-refractivity contribution in [3.63, 3.8) is 0 Å². The topological polar surface area (TPSA) is 192 Å². The number of hydrogen-bond donors (Lipinski definition) is 6. The van der Waals surface area contributed by atoms with E-state index >= 15 is 0 Å². The normalized spacial score (nSPS) is 57.8. The van der Waals surface area contributed by atoms with Gasteiger partial charge in [0.25, 0.3) is 0 Å². The van der Waals surface area contributed by atoms with Gasteiger partial charge in [0.1, 0.15) is 36.4 Å². The van der Waals surface area contributed by atoms with Gasteiger partial charge < -0.3 is 49.6 Å². The quantitative estimate of drug-likeness (QED) is 0.178. The van der Waals surface area contributed by atoms with E-state index in [9.17, 15) is 40.2 Å². The van der Waals surface area contributed by atoms with E-state index in [4.69, 9.17) is 18.9 Å². The Morgan fingerprint density at radius 3 is 2.46 bits per heavy atom. The highest BCUT2D eigenvalue weighted by Crippen LogP contribution is 2.73. The lowest BCUT2D eigenvalue weighted by Gasteiger charge is -2.64. The van der Waals surface area contributed by atoms with Crippen LogP contribution < -0.4 is 0 Å². The first-order chi connectivity index (χ1) is 19.3. The average Bonchev–Trinajstić information content (AvgIpc) is 3.54. The smallest absolute Gasteiger partial charge is 0.331 e. The van der Waals surface area contributed by atoms with Gasteiger partial charge in [0.05, 0.1) is 29.5 Å². The number of carbonyl (C=O) groups excluding carboxylic acids is 2. The molecule has 0 aromatic carbocycles. The molecule has 6 N–H and O–H groups in total. The summed E-state index contributed by atoms with van der Waals surface area (Å²) in [7, 11) is 0. The van der Waals surface area contributed by atoms with E-state index in [1.165, 1.54) is 13.0 Å². The van der Waals surface area contributed by atoms with Crippen LogP contribution in [0.25, 0.3) is 0 Å². The number of rotatable bonds is 3. The molecule has 15 atom stereocenters. The molecule has 7 aliphatic rings. The van der Waals surface area contributed by atoms with Crippen molar-refractivity contribution in [2.75, 3.05) is 6.61 Å². The van der Waals surface area contributed by atoms with Crippen molar-refractivity contribution in [3.05, 3.63) is 11.6 Å². The summed E-state index contributed by atoms with van der Waals surface area (Å²) in [4.78, 5) is 25.7. The molecule has 4 saturated carbocycles. The molecule has 0 aromatic heterocycles. The molecule has 3 aliphatic heterocycles. The second-order valence-corrected chi connectivity index (χ2v) is 13.9. The minimum Gasteiger partial charge on any atom is -0.461 e. The SMILES string of the molecule is C[C@@H]1O[C@@H](O[C@H]2C[C@@H](O)[C@@]34C(=O)O[C@@H]5C[C@]6(C)[C@@H](C7=CC(=O)OC7)CC[C@]6(O)[C@H](CC[C@]3(O)C2)[C@H]54)[C@H](O)[C@H](O)[C@@H]1O. The fourth-order valence-electron chi connectivity index (χ4n) is 10.4. The summed E-state index contributed by atoms with van der Waals surface area (Å²) in [6.07, 6.45) is -5.91. The highest BCUT2D eigenvalue weighted by Gasteiger charge is 2.81. The maximum atomic E-state index is 13.8. The largest absolute Gasteiger partial charge is 0.461 e. The zero-order valence-electron chi connectivity index (χ0n) is 23.2. The maximum Gasteiger partial charge on any atom is 0.331 e. The van der Waals surface area contributed by atoms with Crippen molar-refractivity contribution >= 4 is 11.9 Å². The molecular formula is C29H40O12. The van der Waals surface area contributed by atoms with Crippen molar-refractivity contribution in [2.45, 2.75) is 119 Å². The molecule has 1 spiro atoms. The van der Waals surface area contributed by atoms with E-state index in [2.05, 4.69) is 0 Å². The van der Waals surface area contributed by atoms with Gasteiger partial charge in [-0.25, -0.2) is 4.79 Å². The summed E-state index contributed by atoms with van der Waals surface area (Å²) in [6, 6.07) is 0. The van der Waals surface area contributed by atoms with Crippen LogP contribution >= 0.6 is 0 Å². The molecule has 228 valence electrons. The van der Waals surface area contributed by atoms with Gasteiger partial charge in [-0.15, -0.1) is 0 Å². The fourth-order valence-corrected chi connectivity index (χ4v) is 10.4. The van der Waals surface area contributed by atoms with E-state index in [0.717, 1.165) is 5.57 Å². The van der Waals surface area contributed by atoms with Gasteiger partial charge in [-0.05, 0) is 56.4 Å². The molecule has 0 unspecified atom stereocenters. The lowest BCUT2D eigenvalue weighted by Crippen LogP contribution is -2.73. The van der Waals surface area contributed by atoms with E-state index in [-0.39, 0.29) is 31.8 Å². The van der Waals surface area contributed by atoms with E-state index in [0.29, 0.717) is 25.7 Å². The molecular weight excluding hydrogens is 540 g/mol. The fraction of sp³-hybridized carbons (Fsp3) is 0.862. The minimum absolute atomic E-state index is 0.0423. The van der Waals surface area contributed by atoms with Crippen molar-refractivity contribution in [3.8, 4) is 0 Å². The Labute approximate surface area is 237 Å². The van der Waals surface area contributed by atoms with Crippen molar-refractivity contribution in [1.82, 2.24) is 0 Å². The number of ether oxygens (including phenoxy) is 4. The van der Waals surface area contributed by atoms with Gasteiger partial charge in [-0.2, -0.15) is 0 Å². The Bertz CT molecular complexity index is 1170. The van der Waals surface area contributed by atoms with Crippen LogP contribution in [-0.4, -0.2) is 109 Å². The molecule has 3 heterocycles. The van der Waals surface area contributed by atoms with Gasteiger partial charge in [0.2, 0.25) is 0 Å². The predicted octanol–water partition coefficient (Wildman–Crippen LogP) is -0.943. The Hall–Kier alpha value is -1.64. The zero-order chi connectivity index (χ0) is 29.3. The lowest BCUT2D eigenvalue weighted by molar-refractivity contribution is -0.324. The third-order valence-corrected chi connectivity index (χ3v) is 12.2. The summed E-state index contributed by atoms with van der Waals surface area (Å²) in [5, 5.41) is 67.1. The van der Waals surface area contributed by atoms with Crippen molar-refractivity contribution in [1.29, 1.82) is 0 Å². The van der Waals surface area contributed by atoms with Crippen LogP contribution in [0.2, 0.25) is 0 Å². The average molecular weight is 581 g/mol. The summed E-state index contributed by atoms with van der Waals surface area (Å²) in [5.74, 6) is -2.23. The lowest BCUT2D eigenvalue weighted by atomic mass is 9.41. The molecule has 41 heavy (non-hydrogen) atoms. The van der Waals surface area contributed by atoms with Crippen LogP contribution in [0.4, 0.5) is 0 Å². The third kappa shape index (κ3) is 3.44. The molecule has 7 rings (SSSR count).